The third-order valence-corrected chi connectivity index (χ3v) is 6.99. The SMILES string of the molecule is CCCCOC(=O)CC1(Cc2ccccc2)COC(=O)N1C(=O)CCCOc1ccc(-c2ccc(C#N)cc2)cc1. The van der Waals surface area contributed by atoms with E-state index < -0.39 is 23.5 Å². The Morgan fingerprint density at radius 1 is 0.951 bits per heavy atom. The van der Waals surface area contributed by atoms with Gasteiger partial charge in [-0.2, -0.15) is 5.26 Å². The summed E-state index contributed by atoms with van der Waals surface area (Å²) in [7, 11) is 0. The number of unbranched alkanes of at least 4 members (excludes halogenated alkanes) is 1. The van der Waals surface area contributed by atoms with E-state index in [0.717, 1.165) is 34.4 Å². The molecule has 1 atom stereocenters. The van der Waals surface area contributed by atoms with Crippen LogP contribution < -0.4 is 4.74 Å². The first-order valence-electron chi connectivity index (χ1n) is 13.9. The molecule has 212 valence electrons. The number of esters is 1. The van der Waals surface area contributed by atoms with E-state index in [4.69, 9.17) is 19.5 Å². The Labute approximate surface area is 240 Å². The van der Waals surface area contributed by atoms with Crippen molar-refractivity contribution in [3.63, 3.8) is 0 Å². The molecular formula is C33H34N2O6. The summed E-state index contributed by atoms with van der Waals surface area (Å²) < 4.78 is 16.6. The maximum Gasteiger partial charge on any atom is 0.417 e. The van der Waals surface area contributed by atoms with Crippen molar-refractivity contribution in [3.8, 4) is 22.9 Å². The average Bonchev–Trinajstić information content (AvgIpc) is 3.31. The first-order chi connectivity index (χ1) is 19.9. The van der Waals surface area contributed by atoms with Gasteiger partial charge >= 0.3 is 12.1 Å². The molecule has 0 aliphatic carbocycles. The highest BCUT2D eigenvalue weighted by atomic mass is 16.6. The Balaban J connectivity index is 1.36. The highest BCUT2D eigenvalue weighted by Gasteiger charge is 2.52. The molecule has 3 aromatic rings. The summed E-state index contributed by atoms with van der Waals surface area (Å²) in [6.07, 6.45) is 1.47. The minimum absolute atomic E-state index is 0.0554. The summed E-state index contributed by atoms with van der Waals surface area (Å²) in [4.78, 5) is 40.0. The summed E-state index contributed by atoms with van der Waals surface area (Å²) >= 11 is 0. The lowest BCUT2D eigenvalue weighted by Crippen LogP contribution is -2.53. The van der Waals surface area contributed by atoms with Gasteiger partial charge in [0.25, 0.3) is 0 Å². The fraction of sp³-hybridized carbons (Fsp3) is 0.333. The number of nitriles is 1. The number of benzene rings is 3. The smallest absolute Gasteiger partial charge is 0.417 e. The Bertz CT molecular complexity index is 1370. The second kappa shape index (κ2) is 14.1. The van der Waals surface area contributed by atoms with Crippen molar-refractivity contribution in [1.82, 2.24) is 4.90 Å². The molecule has 8 nitrogen and oxygen atoms in total. The summed E-state index contributed by atoms with van der Waals surface area (Å²) in [6, 6.07) is 26.4. The van der Waals surface area contributed by atoms with Gasteiger partial charge < -0.3 is 14.2 Å². The van der Waals surface area contributed by atoms with Crippen LogP contribution in [0.1, 0.15) is 50.2 Å². The molecule has 0 spiro atoms. The van der Waals surface area contributed by atoms with Crippen LogP contribution in [-0.4, -0.2) is 48.2 Å². The normalized spacial score (nSPS) is 16.1. The monoisotopic (exact) mass is 554 g/mol. The van der Waals surface area contributed by atoms with Gasteiger partial charge in [-0.25, -0.2) is 9.69 Å². The molecule has 0 aromatic heterocycles. The number of rotatable bonds is 13. The van der Waals surface area contributed by atoms with Crippen LogP contribution in [0.4, 0.5) is 4.79 Å². The number of carbonyl (C=O) groups is 3. The average molecular weight is 555 g/mol. The largest absolute Gasteiger partial charge is 0.494 e. The van der Waals surface area contributed by atoms with Crippen molar-refractivity contribution in [3.05, 3.63) is 90.0 Å². The summed E-state index contributed by atoms with van der Waals surface area (Å²) in [6.45, 7) is 2.50. The van der Waals surface area contributed by atoms with Crippen molar-refractivity contribution in [1.29, 1.82) is 5.26 Å². The van der Waals surface area contributed by atoms with Crippen LogP contribution in [-0.2, 0) is 25.5 Å². The highest BCUT2D eigenvalue weighted by Crippen LogP contribution is 2.33. The quantitative estimate of drug-likeness (QED) is 0.186. The lowest BCUT2D eigenvalue weighted by atomic mass is 9.87. The molecule has 1 aliphatic heterocycles. The molecule has 1 unspecified atom stereocenters. The van der Waals surface area contributed by atoms with Crippen molar-refractivity contribution in [2.45, 2.75) is 51.0 Å². The number of carbonyl (C=O) groups excluding carboxylic acids is 3. The van der Waals surface area contributed by atoms with E-state index in [1.54, 1.807) is 12.1 Å². The standard InChI is InChI=1S/C33H34N2O6/c1-2-3-19-40-31(37)22-33(21-25-8-5-4-6-9-25)24-41-32(38)35(33)30(36)10-7-20-39-29-17-15-28(16-18-29)27-13-11-26(23-34)12-14-27/h4-6,8-9,11-18H,2-3,7,10,19-22,24H2,1H3. The highest BCUT2D eigenvalue weighted by molar-refractivity contribution is 5.95. The number of ether oxygens (including phenoxy) is 3. The van der Waals surface area contributed by atoms with E-state index >= 15 is 0 Å². The molecule has 0 radical (unpaired) electrons. The van der Waals surface area contributed by atoms with Gasteiger partial charge in [-0.1, -0.05) is 67.9 Å². The zero-order valence-electron chi connectivity index (χ0n) is 23.2. The van der Waals surface area contributed by atoms with E-state index in [2.05, 4.69) is 6.07 Å². The fourth-order valence-electron chi connectivity index (χ4n) is 4.84. The van der Waals surface area contributed by atoms with E-state index in [9.17, 15) is 14.4 Å². The van der Waals surface area contributed by atoms with Crippen LogP contribution in [0.15, 0.2) is 78.9 Å². The number of imide groups is 1. The molecule has 0 N–H and O–H groups in total. The molecule has 4 rings (SSSR count). The van der Waals surface area contributed by atoms with Crippen LogP contribution in [0.25, 0.3) is 11.1 Å². The third-order valence-electron chi connectivity index (χ3n) is 6.99. The van der Waals surface area contributed by atoms with Crippen LogP contribution in [0, 0.1) is 11.3 Å². The number of amides is 2. The van der Waals surface area contributed by atoms with Crippen LogP contribution >= 0.6 is 0 Å². The molecular weight excluding hydrogens is 520 g/mol. The Hall–Kier alpha value is -4.64. The van der Waals surface area contributed by atoms with Crippen LogP contribution in [0.3, 0.4) is 0 Å². The van der Waals surface area contributed by atoms with Crippen molar-refractivity contribution in [2.75, 3.05) is 19.8 Å². The predicted octanol–water partition coefficient (Wildman–Crippen LogP) is 6.08. The van der Waals surface area contributed by atoms with Crippen LogP contribution in [0.2, 0.25) is 0 Å². The maximum absolute atomic E-state index is 13.4. The van der Waals surface area contributed by atoms with Gasteiger partial charge in [0.15, 0.2) is 0 Å². The first-order valence-corrected chi connectivity index (χ1v) is 13.9. The minimum atomic E-state index is -1.15. The zero-order valence-corrected chi connectivity index (χ0v) is 23.2. The van der Waals surface area contributed by atoms with Gasteiger partial charge in [0.1, 0.15) is 17.9 Å². The van der Waals surface area contributed by atoms with Gasteiger partial charge in [-0.15, -0.1) is 0 Å². The number of cyclic esters (lactones) is 1. The Morgan fingerprint density at radius 2 is 1.63 bits per heavy atom. The number of hydrogen-bond acceptors (Lipinski definition) is 7. The topological polar surface area (TPSA) is 106 Å². The molecule has 3 aromatic carbocycles. The van der Waals surface area contributed by atoms with Gasteiger partial charge in [-0.05, 0) is 53.8 Å². The zero-order chi connectivity index (χ0) is 29.1. The third kappa shape index (κ3) is 7.73. The van der Waals surface area contributed by atoms with E-state index in [-0.39, 0.29) is 32.5 Å². The molecule has 1 heterocycles. The lowest BCUT2D eigenvalue weighted by molar-refractivity contribution is -0.147. The van der Waals surface area contributed by atoms with Crippen molar-refractivity contribution in [2.24, 2.45) is 0 Å². The number of hydrogen-bond donors (Lipinski definition) is 0. The second-order valence-corrected chi connectivity index (χ2v) is 10.1. The van der Waals surface area contributed by atoms with Crippen molar-refractivity contribution < 1.29 is 28.6 Å². The first kappa shape index (κ1) is 29.3. The van der Waals surface area contributed by atoms with Gasteiger partial charge in [-0.3, -0.25) is 9.59 Å². The lowest BCUT2D eigenvalue weighted by Gasteiger charge is -2.33. The molecule has 1 saturated heterocycles. The molecule has 1 fully saturated rings. The van der Waals surface area contributed by atoms with Crippen molar-refractivity contribution >= 4 is 18.0 Å². The Morgan fingerprint density at radius 3 is 2.29 bits per heavy atom. The molecule has 0 bridgehead atoms. The predicted molar refractivity (Wildman–Crippen MR) is 153 cm³/mol. The second-order valence-electron chi connectivity index (χ2n) is 10.1. The van der Waals surface area contributed by atoms with E-state index in [1.165, 1.54) is 0 Å². The summed E-state index contributed by atoms with van der Waals surface area (Å²) in [5.74, 6) is -0.216. The van der Waals surface area contributed by atoms with Gasteiger partial charge in [0.2, 0.25) is 5.91 Å². The minimum Gasteiger partial charge on any atom is -0.494 e. The molecule has 1 aliphatic rings. The molecule has 8 heteroatoms. The Kier molecular flexibility index (Phi) is 10.1. The summed E-state index contributed by atoms with van der Waals surface area (Å²) in [5, 5.41) is 8.97. The molecule has 2 amide bonds. The maximum atomic E-state index is 13.4. The van der Waals surface area contributed by atoms with E-state index in [0.29, 0.717) is 24.3 Å². The summed E-state index contributed by atoms with van der Waals surface area (Å²) in [5.41, 5.74) is 2.33. The van der Waals surface area contributed by atoms with E-state index in [1.807, 2.05) is 73.7 Å². The van der Waals surface area contributed by atoms with Gasteiger partial charge in [0, 0.05) is 12.8 Å². The molecule has 0 saturated carbocycles. The van der Waals surface area contributed by atoms with Crippen LogP contribution in [0.5, 0.6) is 5.75 Å². The molecule has 41 heavy (non-hydrogen) atoms. The fourth-order valence-corrected chi connectivity index (χ4v) is 4.84. The van der Waals surface area contributed by atoms with Gasteiger partial charge in [0.05, 0.1) is 31.3 Å². The number of nitrogens with zero attached hydrogens (tertiary/aromatic N) is 2.